The van der Waals surface area contributed by atoms with E-state index in [4.69, 9.17) is 19.4 Å². The fourth-order valence-electron chi connectivity index (χ4n) is 8.23. The topological polar surface area (TPSA) is 97.6 Å². The fourth-order valence-corrected chi connectivity index (χ4v) is 8.23. The average Bonchev–Trinajstić information content (AvgIpc) is 3.37. The number of rotatable bonds is 2. The van der Waals surface area contributed by atoms with E-state index in [1.165, 1.54) is 50.0 Å². The number of nitrogens with one attached hydrogen (secondary N) is 1. The zero-order chi connectivity index (χ0) is 32.8. The van der Waals surface area contributed by atoms with Crippen molar-refractivity contribution in [3.8, 4) is 17.0 Å². The second-order valence-corrected chi connectivity index (χ2v) is 14.7. The lowest BCUT2D eigenvalue weighted by molar-refractivity contribution is -0.0834. The van der Waals surface area contributed by atoms with Gasteiger partial charge < -0.3 is 18.9 Å². The molecule has 252 valence electrons. The van der Waals surface area contributed by atoms with E-state index >= 15 is 0 Å². The van der Waals surface area contributed by atoms with Gasteiger partial charge in [-0.2, -0.15) is 0 Å². The van der Waals surface area contributed by atoms with Gasteiger partial charge in [0.2, 0.25) is 5.95 Å². The van der Waals surface area contributed by atoms with E-state index in [0.717, 1.165) is 73.7 Å². The molecule has 1 spiro atoms. The number of fused-ring (bicyclic) bond motifs is 7. The van der Waals surface area contributed by atoms with Crippen molar-refractivity contribution in [2.75, 3.05) is 56.2 Å². The van der Waals surface area contributed by atoms with Gasteiger partial charge in [-0.1, -0.05) is 6.92 Å². The third-order valence-corrected chi connectivity index (χ3v) is 11.3. The minimum Gasteiger partial charge on any atom is -0.493 e. The number of pyridine rings is 2. The Hall–Kier alpha value is -4.02. The first-order valence-corrected chi connectivity index (χ1v) is 17.8. The van der Waals surface area contributed by atoms with Crippen molar-refractivity contribution in [3.05, 3.63) is 59.5 Å². The number of ether oxygens (including phenoxy) is 2. The molecule has 48 heavy (non-hydrogen) atoms. The third kappa shape index (κ3) is 6.05. The summed E-state index contributed by atoms with van der Waals surface area (Å²) in [5, 5.41) is 3.19. The lowest BCUT2D eigenvalue weighted by atomic mass is 9.71. The van der Waals surface area contributed by atoms with Crippen molar-refractivity contribution in [2.24, 2.45) is 11.3 Å². The van der Waals surface area contributed by atoms with Crippen molar-refractivity contribution >= 4 is 28.6 Å². The normalized spacial score (nSPS) is 22.2. The van der Waals surface area contributed by atoms with E-state index < -0.39 is 0 Å². The van der Waals surface area contributed by atoms with Gasteiger partial charge in [0.05, 0.1) is 48.2 Å². The summed E-state index contributed by atoms with van der Waals surface area (Å²) in [6.07, 6.45) is 10.5. The highest BCUT2D eigenvalue weighted by Crippen LogP contribution is 2.44. The molecule has 7 heterocycles. The van der Waals surface area contributed by atoms with Crippen molar-refractivity contribution in [3.63, 3.8) is 0 Å². The summed E-state index contributed by atoms with van der Waals surface area (Å²) in [6, 6.07) is 10.7. The molecule has 1 amide bonds. The molecule has 3 aromatic heterocycles. The van der Waals surface area contributed by atoms with Crippen molar-refractivity contribution in [1.82, 2.24) is 24.4 Å². The number of amides is 1. The zero-order valence-electron chi connectivity index (χ0n) is 28.5. The number of hydrogen-bond acceptors (Lipinski definition) is 8. The standard InChI is InChI=1S/C38H47N7O3/c1-25-5-4-16-48-35-6-11-39-21-30(35)31-19-28(18-27(3)40-31)36(46)42-37-41-32-17-26(2)33(20-34(32)45(37)22-25)44-14-9-38(10-15-44)7-12-43(13-8-38)29-23-47-24-29/h6,11,17-21,25,29H,4-5,7-10,12-16,22-24H2,1-3H3,(H,41,42,46)/t25-/m1/s1. The van der Waals surface area contributed by atoms with Gasteiger partial charge in [-0.15, -0.1) is 0 Å². The van der Waals surface area contributed by atoms with Crippen molar-refractivity contribution < 1.29 is 14.3 Å². The molecular weight excluding hydrogens is 602 g/mol. The summed E-state index contributed by atoms with van der Waals surface area (Å²) in [5.74, 6) is 1.47. The molecule has 4 aliphatic heterocycles. The van der Waals surface area contributed by atoms with Crippen LogP contribution in [0, 0.1) is 25.2 Å². The number of carbonyl (C=O) groups excluding carboxylic acids is 1. The first-order valence-electron chi connectivity index (χ1n) is 17.8. The molecule has 0 unspecified atom stereocenters. The number of carbonyl (C=O) groups is 1. The van der Waals surface area contributed by atoms with Gasteiger partial charge in [-0.3, -0.25) is 25.0 Å². The van der Waals surface area contributed by atoms with Crippen LogP contribution < -0.4 is 15.0 Å². The third-order valence-electron chi connectivity index (χ3n) is 11.3. The summed E-state index contributed by atoms with van der Waals surface area (Å²) in [5.41, 5.74) is 7.70. The Balaban J connectivity index is 1.08. The molecule has 1 N–H and O–H groups in total. The van der Waals surface area contributed by atoms with Crippen molar-refractivity contribution in [2.45, 2.75) is 71.9 Å². The molecule has 3 fully saturated rings. The smallest absolute Gasteiger partial charge is 0.258 e. The predicted molar refractivity (Wildman–Crippen MR) is 188 cm³/mol. The number of benzene rings is 1. The van der Waals surface area contributed by atoms with Crippen molar-refractivity contribution in [1.29, 1.82) is 0 Å². The maximum absolute atomic E-state index is 13.9. The van der Waals surface area contributed by atoms with Crippen LogP contribution in [-0.2, 0) is 11.3 Å². The minimum atomic E-state index is -0.207. The summed E-state index contributed by atoms with van der Waals surface area (Å²) in [7, 11) is 0. The van der Waals surface area contributed by atoms with E-state index in [1.807, 2.05) is 25.1 Å². The number of hydrogen-bond donors (Lipinski definition) is 1. The number of aryl methyl sites for hydroxylation is 2. The quantitative estimate of drug-likeness (QED) is 0.272. The Morgan fingerprint density at radius 2 is 1.77 bits per heavy atom. The lowest BCUT2D eigenvalue weighted by Gasteiger charge is -2.50. The van der Waals surface area contributed by atoms with Crippen LogP contribution in [0.3, 0.4) is 0 Å². The van der Waals surface area contributed by atoms with Crippen LogP contribution in [0.15, 0.2) is 42.7 Å². The molecule has 4 aromatic rings. The molecule has 4 aliphatic rings. The molecule has 1 aromatic carbocycles. The Morgan fingerprint density at radius 3 is 2.54 bits per heavy atom. The van der Waals surface area contributed by atoms with Gasteiger partial charge in [0.15, 0.2) is 0 Å². The van der Waals surface area contributed by atoms with Gasteiger partial charge >= 0.3 is 0 Å². The van der Waals surface area contributed by atoms with E-state index in [0.29, 0.717) is 41.2 Å². The van der Waals surface area contributed by atoms with Crippen LogP contribution in [0.5, 0.6) is 5.75 Å². The van der Waals surface area contributed by atoms with E-state index in [2.05, 4.69) is 50.6 Å². The van der Waals surface area contributed by atoms with Gasteiger partial charge in [-0.05, 0) is 113 Å². The molecule has 10 heteroatoms. The van der Waals surface area contributed by atoms with Gasteiger partial charge in [0.1, 0.15) is 5.75 Å². The largest absolute Gasteiger partial charge is 0.493 e. The van der Waals surface area contributed by atoms with Crippen LogP contribution in [0.25, 0.3) is 22.3 Å². The minimum absolute atomic E-state index is 0.207. The molecule has 0 saturated carbocycles. The number of anilines is 2. The Kier molecular flexibility index (Phi) is 8.32. The van der Waals surface area contributed by atoms with Crippen LogP contribution in [0.4, 0.5) is 11.6 Å². The van der Waals surface area contributed by atoms with E-state index in [-0.39, 0.29) is 5.91 Å². The second kappa shape index (κ2) is 12.8. The molecule has 0 radical (unpaired) electrons. The monoisotopic (exact) mass is 649 g/mol. The number of aromatic nitrogens is 4. The van der Waals surface area contributed by atoms with Gasteiger partial charge in [0.25, 0.3) is 5.91 Å². The molecule has 3 saturated heterocycles. The number of imidazole rings is 1. The second-order valence-electron chi connectivity index (χ2n) is 14.7. The van der Waals surface area contributed by atoms with E-state index in [1.54, 1.807) is 12.4 Å². The van der Waals surface area contributed by atoms with Crippen LogP contribution in [-0.4, -0.2) is 82.4 Å². The summed E-state index contributed by atoms with van der Waals surface area (Å²) in [4.78, 5) is 33.2. The van der Waals surface area contributed by atoms with E-state index in [9.17, 15) is 4.79 Å². The zero-order valence-corrected chi connectivity index (χ0v) is 28.5. The molecule has 10 nitrogen and oxygen atoms in total. The molecule has 0 aliphatic carbocycles. The molecule has 2 bridgehead atoms. The highest BCUT2D eigenvalue weighted by Gasteiger charge is 2.40. The summed E-state index contributed by atoms with van der Waals surface area (Å²) >= 11 is 0. The Labute approximate surface area is 282 Å². The Morgan fingerprint density at radius 1 is 0.979 bits per heavy atom. The van der Waals surface area contributed by atoms with Crippen LogP contribution >= 0.6 is 0 Å². The Bertz CT molecular complexity index is 1810. The lowest BCUT2D eigenvalue weighted by Crippen LogP contribution is -2.55. The van der Waals surface area contributed by atoms with Crippen LogP contribution in [0.2, 0.25) is 0 Å². The fraction of sp³-hybridized carbons (Fsp3) is 0.526. The maximum Gasteiger partial charge on any atom is 0.258 e. The summed E-state index contributed by atoms with van der Waals surface area (Å²) < 4.78 is 13.9. The highest BCUT2D eigenvalue weighted by atomic mass is 16.5. The van der Waals surface area contributed by atoms with Gasteiger partial charge in [-0.25, -0.2) is 4.98 Å². The summed E-state index contributed by atoms with van der Waals surface area (Å²) in [6.45, 7) is 14.1. The van der Waals surface area contributed by atoms with Crippen LogP contribution in [0.1, 0.15) is 67.1 Å². The predicted octanol–water partition coefficient (Wildman–Crippen LogP) is 6.25. The highest BCUT2D eigenvalue weighted by molar-refractivity contribution is 6.05. The maximum atomic E-state index is 13.9. The number of piperidine rings is 2. The molecule has 8 rings (SSSR count). The first kappa shape index (κ1) is 31.3. The molecule has 1 atom stereocenters. The van der Waals surface area contributed by atoms with Gasteiger partial charge in [0, 0.05) is 49.0 Å². The molecular formula is C38H47N7O3. The first-order chi connectivity index (χ1) is 23.3. The number of likely N-dealkylation sites (tertiary alicyclic amines) is 1. The number of nitrogens with zero attached hydrogens (tertiary/aromatic N) is 6. The SMILES string of the molecule is Cc1cc2cc(n1)-c1cnccc1OCCC[C@@H](C)Cn1c(nc3cc(C)c(N4CCC5(CC4)CCN(C4COC4)CC5)cc31)NC2=O. The average molecular weight is 650 g/mol.